The molecule has 1 fully saturated rings. The van der Waals surface area contributed by atoms with Crippen molar-refractivity contribution in [2.24, 2.45) is 0 Å². The Morgan fingerprint density at radius 2 is 2.10 bits per heavy atom. The molecule has 2 aromatic rings. The topological polar surface area (TPSA) is 54.2 Å². The maximum absolute atomic E-state index is 4.64. The fourth-order valence-corrected chi connectivity index (χ4v) is 2.31. The predicted molar refractivity (Wildman–Crippen MR) is 85.8 cm³/mol. The molecule has 5 heteroatoms. The van der Waals surface area contributed by atoms with E-state index >= 15 is 0 Å². The second-order valence-corrected chi connectivity index (χ2v) is 6.89. The van der Waals surface area contributed by atoms with Gasteiger partial charge >= 0.3 is 0 Å². The minimum atomic E-state index is 0.0530. The van der Waals surface area contributed by atoms with Crippen molar-refractivity contribution >= 4 is 11.3 Å². The summed E-state index contributed by atoms with van der Waals surface area (Å²) >= 11 is 0. The van der Waals surface area contributed by atoms with Gasteiger partial charge in [-0.15, -0.1) is 0 Å². The van der Waals surface area contributed by atoms with Crippen molar-refractivity contribution in [3.63, 3.8) is 0 Å². The largest absolute Gasteiger partial charge is 0.368 e. The molecule has 0 amide bonds. The van der Waals surface area contributed by atoms with Crippen molar-refractivity contribution in [3.05, 3.63) is 24.2 Å². The first-order valence-electron chi connectivity index (χ1n) is 7.86. The monoisotopic (exact) mass is 287 g/mol. The van der Waals surface area contributed by atoms with Gasteiger partial charge in [0.2, 0.25) is 0 Å². The lowest BCUT2D eigenvalue weighted by molar-refractivity contribution is 0.562. The van der Waals surface area contributed by atoms with E-state index in [1.807, 2.05) is 10.7 Å². The fourth-order valence-electron chi connectivity index (χ4n) is 2.31. The zero-order valence-corrected chi connectivity index (χ0v) is 13.2. The third kappa shape index (κ3) is 3.53. The zero-order valence-electron chi connectivity index (χ0n) is 13.2. The second-order valence-electron chi connectivity index (χ2n) is 6.89. The molecule has 0 unspecified atom stereocenters. The molecule has 1 saturated carbocycles. The molecule has 2 N–H and O–H groups in total. The van der Waals surface area contributed by atoms with Crippen LogP contribution >= 0.6 is 0 Å². The van der Waals surface area contributed by atoms with Gasteiger partial charge in [0.05, 0.1) is 5.69 Å². The van der Waals surface area contributed by atoms with E-state index in [9.17, 15) is 0 Å². The molecule has 0 saturated heterocycles. The number of hydrogen-bond donors (Lipinski definition) is 2. The van der Waals surface area contributed by atoms with Crippen LogP contribution in [0.2, 0.25) is 0 Å². The molecule has 114 valence electrons. The Balaban J connectivity index is 1.64. The van der Waals surface area contributed by atoms with Crippen LogP contribution < -0.4 is 10.6 Å². The highest BCUT2D eigenvalue weighted by atomic mass is 15.2. The zero-order chi connectivity index (χ0) is 14.9. The summed E-state index contributed by atoms with van der Waals surface area (Å²) in [5.74, 6) is 0.923. The third-order valence-corrected chi connectivity index (χ3v) is 3.81. The average molecular weight is 287 g/mol. The van der Waals surface area contributed by atoms with Gasteiger partial charge in [-0.25, -0.2) is 9.50 Å². The van der Waals surface area contributed by atoms with Gasteiger partial charge in [-0.3, -0.25) is 0 Å². The van der Waals surface area contributed by atoms with Crippen LogP contribution in [0.3, 0.4) is 0 Å². The second kappa shape index (κ2) is 5.64. The number of hydrogen-bond acceptors (Lipinski definition) is 4. The molecule has 5 nitrogen and oxygen atoms in total. The van der Waals surface area contributed by atoms with Crippen molar-refractivity contribution in [3.8, 4) is 0 Å². The molecular formula is C16H25N5. The Hall–Kier alpha value is -1.62. The molecule has 2 heterocycles. The summed E-state index contributed by atoms with van der Waals surface area (Å²) in [4.78, 5) is 4.46. The number of anilines is 1. The first kappa shape index (κ1) is 14.3. The summed E-state index contributed by atoms with van der Waals surface area (Å²) in [7, 11) is 0. The molecular weight excluding hydrogens is 262 g/mol. The maximum Gasteiger partial charge on any atom is 0.152 e. The smallest absolute Gasteiger partial charge is 0.152 e. The average Bonchev–Trinajstić information content (AvgIpc) is 3.13. The molecule has 0 aliphatic heterocycles. The highest BCUT2D eigenvalue weighted by Gasteiger charge is 2.20. The molecule has 0 bridgehead atoms. The van der Waals surface area contributed by atoms with E-state index in [2.05, 4.69) is 47.6 Å². The molecule has 3 rings (SSSR count). The van der Waals surface area contributed by atoms with E-state index in [-0.39, 0.29) is 5.41 Å². The molecule has 1 aliphatic rings. The van der Waals surface area contributed by atoms with Crippen LogP contribution in [0.1, 0.15) is 45.7 Å². The first-order chi connectivity index (χ1) is 10.0. The highest BCUT2D eigenvalue weighted by molar-refractivity contribution is 5.68. The molecule has 0 spiro atoms. The van der Waals surface area contributed by atoms with E-state index in [0.717, 1.165) is 42.6 Å². The Morgan fingerprint density at radius 1 is 1.29 bits per heavy atom. The van der Waals surface area contributed by atoms with Crippen molar-refractivity contribution in [1.82, 2.24) is 19.9 Å². The van der Waals surface area contributed by atoms with Crippen LogP contribution in [-0.4, -0.2) is 33.7 Å². The van der Waals surface area contributed by atoms with E-state index in [4.69, 9.17) is 0 Å². The summed E-state index contributed by atoms with van der Waals surface area (Å²) in [6, 6.07) is 2.92. The predicted octanol–water partition coefficient (Wildman–Crippen LogP) is 2.58. The van der Waals surface area contributed by atoms with E-state index < -0.39 is 0 Å². The lowest BCUT2D eigenvalue weighted by Crippen LogP contribution is -2.20. The first-order valence-corrected chi connectivity index (χ1v) is 7.86. The molecule has 0 aromatic carbocycles. The standard InChI is InChI=1S/C16H25N5/c1-16(2,3)14-11-13-15(19-9-10-21(13)20-14)18-8-4-7-17-12-5-6-12/h9-12,17H,4-8H2,1-3H3,(H,18,19). The summed E-state index contributed by atoms with van der Waals surface area (Å²) in [6.07, 6.45) is 7.51. The molecule has 21 heavy (non-hydrogen) atoms. The molecule has 1 aliphatic carbocycles. The van der Waals surface area contributed by atoms with Crippen molar-refractivity contribution in [1.29, 1.82) is 0 Å². The lowest BCUT2D eigenvalue weighted by atomic mass is 9.92. The SMILES string of the molecule is CC(C)(C)c1cc2c(NCCCNC3CC3)nccn2n1. The maximum atomic E-state index is 4.64. The minimum Gasteiger partial charge on any atom is -0.368 e. The highest BCUT2D eigenvalue weighted by Crippen LogP contribution is 2.24. The lowest BCUT2D eigenvalue weighted by Gasteiger charge is -2.13. The number of rotatable bonds is 6. The van der Waals surface area contributed by atoms with Crippen molar-refractivity contribution in [2.75, 3.05) is 18.4 Å². The molecule has 0 radical (unpaired) electrons. The number of nitrogens with one attached hydrogen (secondary N) is 2. The van der Waals surface area contributed by atoms with Crippen molar-refractivity contribution in [2.45, 2.75) is 51.5 Å². The molecule has 2 aromatic heterocycles. The van der Waals surface area contributed by atoms with Gasteiger partial charge < -0.3 is 10.6 Å². The number of nitrogens with zero attached hydrogens (tertiary/aromatic N) is 3. The third-order valence-electron chi connectivity index (χ3n) is 3.81. The Morgan fingerprint density at radius 3 is 2.81 bits per heavy atom. The molecule has 0 atom stereocenters. The van der Waals surface area contributed by atoms with Gasteiger partial charge in [0.1, 0.15) is 5.52 Å². The van der Waals surface area contributed by atoms with E-state index in [0.29, 0.717) is 0 Å². The van der Waals surface area contributed by atoms with E-state index in [1.54, 1.807) is 6.20 Å². The van der Waals surface area contributed by atoms with Gasteiger partial charge in [-0.2, -0.15) is 5.10 Å². The summed E-state index contributed by atoms with van der Waals surface area (Å²) in [5, 5.41) is 11.6. The van der Waals surface area contributed by atoms with Crippen LogP contribution in [0, 0.1) is 0 Å². The fraction of sp³-hybridized carbons (Fsp3) is 0.625. The quantitative estimate of drug-likeness (QED) is 0.802. The number of aromatic nitrogens is 3. The van der Waals surface area contributed by atoms with Gasteiger partial charge in [-0.05, 0) is 31.9 Å². The van der Waals surface area contributed by atoms with Gasteiger partial charge in [0.25, 0.3) is 0 Å². The minimum absolute atomic E-state index is 0.0530. The summed E-state index contributed by atoms with van der Waals surface area (Å²) in [5.41, 5.74) is 2.20. The van der Waals surface area contributed by atoms with Crippen LogP contribution in [0.25, 0.3) is 5.52 Å². The van der Waals surface area contributed by atoms with Crippen molar-refractivity contribution < 1.29 is 0 Å². The van der Waals surface area contributed by atoms with Gasteiger partial charge in [0, 0.05) is 30.4 Å². The van der Waals surface area contributed by atoms with Crippen LogP contribution in [-0.2, 0) is 5.41 Å². The van der Waals surface area contributed by atoms with Crippen LogP contribution in [0.5, 0.6) is 0 Å². The Kier molecular flexibility index (Phi) is 3.85. The van der Waals surface area contributed by atoms with Gasteiger partial charge in [0.15, 0.2) is 5.82 Å². The number of fused-ring (bicyclic) bond motifs is 1. The van der Waals surface area contributed by atoms with E-state index in [1.165, 1.54) is 12.8 Å². The van der Waals surface area contributed by atoms with Crippen LogP contribution in [0.4, 0.5) is 5.82 Å². The normalized spacial score (nSPS) is 15.6. The summed E-state index contributed by atoms with van der Waals surface area (Å²) < 4.78 is 1.92. The van der Waals surface area contributed by atoms with Crippen LogP contribution in [0.15, 0.2) is 18.5 Å². The Bertz CT molecular complexity index is 607. The Labute approximate surface area is 126 Å². The van der Waals surface area contributed by atoms with Gasteiger partial charge in [-0.1, -0.05) is 20.8 Å². The summed E-state index contributed by atoms with van der Waals surface area (Å²) in [6.45, 7) is 8.55.